The Morgan fingerprint density at radius 1 is 1.25 bits per heavy atom. The fraction of sp³-hybridized carbons (Fsp3) is 0.474. The van der Waals surface area contributed by atoms with Gasteiger partial charge in [-0.2, -0.15) is 0 Å². The van der Waals surface area contributed by atoms with Gasteiger partial charge in [-0.15, -0.1) is 11.3 Å². The van der Waals surface area contributed by atoms with Gasteiger partial charge in [0.25, 0.3) is 0 Å². The number of benzene rings is 1. The topological polar surface area (TPSA) is 42.4 Å². The molecule has 0 unspecified atom stereocenters. The number of piperidine rings is 1. The van der Waals surface area contributed by atoms with Crippen molar-refractivity contribution in [3.8, 4) is 11.3 Å². The van der Waals surface area contributed by atoms with E-state index in [1.54, 1.807) is 11.3 Å². The molecule has 1 spiro atoms. The van der Waals surface area contributed by atoms with Crippen LogP contribution in [0.2, 0.25) is 0 Å². The third-order valence-electron chi connectivity index (χ3n) is 5.15. The van der Waals surface area contributed by atoms with Crippen LogP contribution in [0.15, 0.2) is 35.7 Å². The lowest BCUT2D eigenvalue weighted by atomic mass is 9.79. The molecule has 0 aliphatic carbocycles. The number of nitrogens with zero attached hydrogens (tertiary/aromatic N) is 2. The average Bonchev–Trinajstić information content (AvgIpc) is 3.27. The molecule has 0 bridgehead atoms. The Bertz CT molecular complexity index is 707. The van der Waals surface area contributed by atoms with Gasteiger partial charge in [-0.25, -0.2) is 4.98 Å². The molecular weight excluding hydrogens is 320 g/mol. The lowest BCUT2D eigenvalue weighted by Gasteiger charge is -2.39. The van der Waals surface area contributed by atoms with Crippen LogP contribution in [0, 0.1) is 5.41 Å². The molecule has 0 radical (unpaired) electrons. The third-order valence-corrected chi connectivity index (χ3v) is 6.06. The first-order valence-corrected chi connectivity index (χ1v) is 9.47. The van der Waals surface area contributed by atoms with Gasteiger partial charge in [0.15, 0.2) is 0 Å². The lowest BCUT2D eigenvalue weighted by Crippen LogP contribution is -2.47. The van der Waals surface area contributed by atoms with Gasteiger partial charge in [0.2, 0.25) is 5.91 Å². The number of carbonyl (C=O) groups excluding carboxylic acids is 1. The number of rotatable bonds is 4. The Balaban J connectivity index is 1.39. The second kappa shape index (κ2) is 6.65. The van der Waals surface area contributed by atoms with E-state index < -0.39 is 0 Å². The van der Waals surface area contributed by atoms with Crippen LogP contribution in [0.1, 0.15) is 24.3 Å². The minimum atomic E-state index is 0.214. The van der Waals surface area contributed by atoms with E-state index in [1.807, 2.05) is 23.1 Å². The summed E-state index contributed by atoms with van der Waals surface area (Å²) in [6, 6.07) is 10.2. The van der Waals surface area contributed by atoms with E-state index in [-0.39, 0.29) is 11.3 Å². The largest absolute Gasteiger partial charge is 0.381 e. The molecule has 2 fully saturated rings. The molecule has 24 heavy (non-hydrogen) atoms. The summed E-state index contributed by atoms with van der Waals surface area (Å²) in [4.78, 5) is 19.0. The first-order chi connectivity index (χ1) is 11.7. The summed E-state index contributed by atoms with van der Waals surface area (Å²) in [5.74, 6) is 0.285. The van der Waals surface area contributed by atoms with E-state index in [1.165, 1.54) is 0 Å². The average molecular weight is 342 g/mol. The maximum absolute atomic E-state index is 12.3. The van der Waals surface area contributed by atoms with E-state index >= 15 is 0 Å². The highest BCUT2D eigenvalue weighted by atomic mass is 32.1. The molecular formula is C19H22N2O2S. The van der Waals surface area contributed by atoms with E-state index in [4.69, 9.17) is 9.72 Å². The summed E-state index contributed by atoms with van der Waals surface area (Å²) in [7, 11) is 0. The van der Waals surface area contributed by atoms with Gasteiger partial charge >= 0.3 is 0 Å². The molecule has 0 saturated carbocycles. The summed E-state index contributed by atoms with van der Waals surface area (Å²) in [6.07, 6.45) is 3.57. The molecule has 1 aromatic carbocycles. The van der Waals surface area contributed by atoms with Gasteiger partial charge < -0.3 is 9.64 Å². The Hall–Kier alpha value is -1.72. The number of thiazole rings is 1. The van der Waals surface area contributed by atoms with Crippen molar-refractivity contribution in [2.75, 3.05) is 26.3 Å². The van der Waals surface area contributed by atoms with Crippen LogP contribution in [0.5, 0.6) is 0 Å². The lowest BCUT2D eigenvalue weighted by molar-refractivity contribution is -0.137. The molecule has 1 atom stereocenters. The molecule has 4 rings (SSSR count). The van der Waals surface area contributed by atoms with E-state index in [0.717, 1.165) is 61.8 Å². The second-order valence-electron chi connectivity index (χ2n) is 6.86. The highest BCUT2D eigenvalue weighted by Crippen LogP contribution is 2.38. The normalized spacial score (nSPS) is 24.0. The van der Waals surface area contributed by atoms with Gasteiger partial charge in [-0.05, 0) is 12.8 Å². The van der Waals surface area contributed by atoms with Crippen molar-refractivity contribution in [1.29, 1.82) is 0 Å². The SMILES string of the molecule is O=C1CC[C@]2(CCOC2)CN1CCc1nc(-c2ccccc2)cs1. The first-order valence-electron chi connectivity index (χ1n) is 8.60. The predicted octanol–water partition coefficient (Wildman–Crippen LogP) is 3.38. The molecule has 3 heterocycles. The second-order valence-corrected chi connectivity index (χ2v) is 7.80. The minimum absolute atomic E-state index is 0.214. The highest BCUT2D eigenvalue weighted by molar-refractivity contribution is 7.09. The summed E-state index contributed by atoms with van der Waals surface area (Å²) in [6.45, 7) is 3.27. The zero-order valence-electron chi connectivity index (χ0n) is 13.7. The van der Waals surface area contributed by atoms with Gasteiger partial charge in [0.1, 0.15) is 0 Å². The van der Waals surface area contributed by atoms with Gasteiger partial charge in [0, 0.05) is 48.9 Å². The van der Waals surface area contributed by atoms with Crippen LogP contribution < -0.4 is 0 Å². The van der Waals surface area contributed by atoms with Crippen molar-refractivity contribution in [3.05, 3.63) is 40.7 Å². The summed E-state index contributed by atoms with van der Waals surface area (Å²) >= 11 is 1.68. The van der Waals surface area contributed by atoms with E-state index in [2.05, 4.69) is 17.5 Å². The molecule has 0 N–H and O–H groups in total. The van der Waals surface area contributed by atoms with Crippen molar-refractivity contribution in [2.24, 2.45) is 5.41 Å². The molecule has 1 aromatic heterocycles. The van der Waals surface area contributed by atoms with Crippen molar-refractivity contribution < 1.29 is 9.53 Å². The van der Waals surface area contributed by atoms with Crippen molar-refractivity contribution in [3.63, 3.8) is 0 Å². The Kier molecular flexibility index (Phi) is 4.37. The Labute approximate surface area is 146 Å². The molecule has 5 heteroatoms. The smallest absolute Gasteiger partial charge is 0.222 e. The number of ether oxygens (including phenoxy) is 1. The highest BCUT2D eigenvalue weighted by Gasteiger charge is 2.41. The molecule has 4 nitrogen and oxygen atoms in total. The molecule has 2 aliphatic heterocycles. The molecule has 2 aliphatic rings. The van der Waals surface area contributed by atoms with Crippen LogP contribution in [0.4, 0.5) is 0 Å². The summed E-state index contributed by atoms with van der Waals surface area (Å²) < 4.78 is 5.59. The van der Waals surface area contributed by atoms with Crippen LogP contribution in [-0.2, 0) is 16.0 Å². The van der Waals surface area contributed by atoms with Crippen molar-refractivity contribution in [1.82, 2.24) is 9.88 Å². The van der Waals surface area contributed by atoms with Gasteiger partial charge in [-0.3, -0.25) is 4.79 Å². The number of hydrogen-bond donors (Lipinski definition) is 0. The molecule has 2 aromatic rings. The van der Waals surface area contributed by atoms with Gasteiger partial charge in [0.05, 0.1) is 17.3 Å². The van der Waals surface area contributed by atoms with E-state index in [0.29, 0.717) is 6.42 Å². The molecule has 1 amide bonds. The number of carbonyl (C=O) groups is 1. The number of likely N-dealkylation sites (tertiary alicyclic amines) is 1. The molecule has 2 saturated heterocycles. The first kappa shape index (κ1) is 15.8. The monoisotopic (exact) mass is 342 g/mol. The number of aromatic nitrogens is 1. The standard InChI is InChI=1S/C19H22N2O2S/c22-18-6-8-19(9-11-23-14-19)13-21(18)10-7-17-20-16(12-24-17)15-4-2-1-3-5-15/h1-5,12H,6-11,13-14H2/t19-/m0/s1. The number of hydrogen-bond acceptors (Lipinski definition) is 4. The minimum Gasteiger partial charge on any atom is -0.381 e. The Morgan fingerprint density at radius 3 is 2.92 bits per heavy atom. The van der Waals surface area contributed by atoms with Crippen molar-refractivity contribution >= 4 is 17.2 Å². The van der Waals surface area contributed by atoms with Crippen LogP contribution in [0.3, 0.4) is 0 Å². The summed E-state index contributed by atoms with van der Waals surface area (Å²) in [5, 5.41) is 3.21. The zero-order valence-corrected chi connectivity index (χ0v) is 14.6. The fourth-order valence-electron chi connectivity index (χ4n) is 3.68. The maximum Gasteiger partial charge on any atom is 0.222 e. The van der Waals surface area contributed by atoms with Crippen LogP contribution >= 0.6 is 11.3 Å². The van der Waals surface area contributed by atoms with E-state index in [9.17, 15) is 4.79 Å². The zero-order chi connectivity index (χ0) is 16.4. The summed E-state index contributed by atoms with van der Waals surface area (Å²) in [5.41, 5.74) is 2.39. The fourth-order valence-corrected chi connectivity index (χ4v) is 4.47. The number of amides is 1. The Morgan fingerprint density at radius 2 is 2.12 bits per heavy atom. The van der Waals surface area contributed by atoms with Crippen molar-refractivity contribution in [2.45, 2.75) is 25.7 Å². The predicted molar refractivity (Wildman–Crippen MR) is 94.9 cm³/mol. The quantitative estimate of drug-likeness (QED) is 0.855. The maximum atomic E-state index is 12.3. The van der Waals surface area contributed by atoms with Crippen LogP contribution in [-0.4, -0.2) is 42.1 Å². The third kappa shape index (κ3) is 3.23. The molecule has 126 valence electrons. The van der Waals surface area contributed by atoms with Crippen LogP contribution in [0.25, 0.3) is 11.3 Å². The van der Waals surface area contributed by atoms with Gasteiger partial charge in [-0.1, -0.05) is 30.3 Å².